The Bertz CT molecular complexity index is 247. The Kier molecular flexibility index (Phi) is 3.27. The van der Waals surface area contributed by atoms with E-state index in [2.05, 4.69) is 4.84 Å². The summed E-state index contributed by atoms with van der Waals surface area (Å²) in [6, 6.07) is 8.67. The van der Waals surface area contributed by atoms with Crippen LogP contribution in [0.4, 0.5) is 13.2 Å². The molecular weight excluding hydrogens is 183 g/mol. The molecule has 0 atom stereocenters. The summed E-state index contributed by atoms with van der Waals surface area (Å²) in [6.45, 7) is 0.0281. The molecule has 1 rings (SSSR count). The topological polar surface area (TPSA) is 21.3 Å². The summed E-state index contributed by atoms with van der Waals surface area (Å²) in [4.78, 5) is 3.38. The predicted octanol–water partition coefficient (Wildman–Crippen LogP) is 2.23. The summed E-state index contributed by atoms with van der Waals surface area (Å²) in [5, 5.41) is 0. The highest BCUT2D eigenvalue weighted by Gasteiger charge is 2.29. The Morgan fingerprint density at radius 2 is 1.77 bits per heavy atom. The van der Waals surface area contributed by atoms with Crippen molar-refractivity contribution < 1.29 is 18.0 Å². The zero-order chi connectivity index (χ0) is 9.73. The minimum atomic E-state index is -4.63. The average Bonchev–Trinajstić information content (AvgIpc) is 2.04. The molecule has 0 heterocycles. The van der Waals surface area contributed by atoms with Crippen molar-refractivity contribution in [3.63, 3.8) is 0 Å². The molecule has 0 saturated carbocycles. The van der Waals surface area contributed by atoms with E-state index in [1.807, 2.05) is 5.48 Å². The number of hydrogen-bond acceptors (Lipinski definition) is 2. The highest BCUT2D eigenvalue weighted by molar-refractivity contribution is 5.13. The van der Waals surface area contributed by atoms with E-state index >= 15 is 0 Å². The average molecular weight is 191 g/mol. The van der Waals surface area contributed by atoms with Gasteiger partial charge in [0.15, 0.2) is 0 Å². The van der Waals surface area contributed by atoms with E-state index in [0.717, 1.165) is 5.56 Å². The van der Waals surface area contributed by atoms with Gasteiger partial charge in [-0.05, 0) is 5.56 Å². The maximum atomic E-state index is 11.5. The van der Waals surface area contributed by atoms with Crippen molar-refractivity contribution in [2.24, 2.45) is 0 Å². The van der Waals surface area contributed by atoms with Crippen LogP contribution in [-0.2, 0) is 11.4 Å². The van der Waals surface area contributed by atoms with Crippen molar-refractivity contribution in [2.75, 3.05) is 0 Å². The molecule has 0 spiro atoms. The smallest absolute Gasteiger partial charge is 0.203 e. The number of halogens is 3. The summed E-state index contributed by atoms with van der Waals surface area (Å²) in [5.41, 5.74) is 2.55. The number of nitrogens with one attached hydrogen (secondary N) is 1. The van der Waals surface area contributed by atoms with Crippen LogP contribution in [0.3, 0.4) is 0 Å². The lowest BCUT2D eigenvalue weighted by atomic mass is 10.2. The van der Waals surface area contributed by atoms with Gasteiger partial charge in [-0.1, -0.05) is 30.3 Å². The van der Waals surface area contributed by atoms with Crippen LogP contribution in [0.1, 0.15) is 5.56 Å². The van der Waals surface area contributed by atoms with E-state index in [9.17, 15) is 13.2 Å². The molecule has 0 unspecified atom stereocenters. The summed E-state index contributed by atoms with van der Waals surface area (Å²) in [6.07, 6.45) is -4.63. The van der Waals surface area contributed by atoms with Crippen LogP contribution >= 0.6 is 0 Å². The minimum Gasteiger partial charge on any atom is -0.203 e. The molecule has 13 heavy (non-hydrogen) atoms. The molecule has 1 N–H and O–H groups in total. The van der Waals surface area contributed by atoms with Crippen LogP contribution in [-0.4, -0.2) is 6.36 Å². The summed E-state index contributed by atoms with van der Waals surface area (Å²) in [7, 11) is 0. The van der Waals surface area contributed by atoms with Crippen LogP contribution in [0, 0.1) is 0 Å². The number of hydroxylamine groups is 1. The molecule has 2 nitrogen and oxygen atoms in total. The van der Waals surface area contributed by atoms with Gasteiger partial charge in [0.25, 0.3) is 0 Å². The molecule has 0 saturated heterocycles. The van der Waals surface area contributed by atoms with Crippen LogP contribution < -0.4 is 5.48 Å². The molecule has 0 fully saturated rings. The maximum Gasteiger partial charge on any atom is 0.538 e. The van der Waals surface area contributed by atoms with E-state index in [-0.39, 0.29) is 6.54 Å². The summed E-state index contributed by atoms with van der Waals surface area (Å²) in [5.74, 6) is 0. The number of hydrogen-bond donors (Lipinski definition) is 1. The molecule has 0 aliphatic rings. The van der Waals surface area contributed by atoms with Crippen molar-refractivity contribution in [3.05, 3.63) is 35.9 Å². The summed E-state index contributed by atoms with van der Waals surface area (Å²) >= 11 is 0. The quantitative estimate of drug-likeness (QED) is 0.739. The van der Waals surface area contributed by atoms with Crippen LogP contribution in [0.2, 0.25) is 0 Å². The first-order valence-corrected chi connectivity index (χ1v) is 3.59. The van der Waals surface area contributed by atoms with Gasteiger partial charge in [0.05, 0.1) is 0 Å². The van der Waals surface area contributed by atoms with Crippen molar-refractivity contribution in [3.8, 4) is 0 Å². The second-order valence-corrected chi connectivity index (χ2v) is 2.35. The number of benzene rings is 1. The molecule has 0 aliphatic heterocycles. The minimum absolute atomic E-state index is 0.0281. The summed E-state index contributed by atoms with van der Waals surface area (Å²) < 4.78 is 34.4. The molecule has 0 radical (unpaired) electrons. The Hall–Kier alpha value is -1.07. The monoisotopic (exact) mass is 191 g/mol. The zero-order valence-corrected chi connectivity index (χ0v) is 6.64. The third kappa shape index (κ3) is 4.49. The van der Waals surface area contributed by atoms with Gasteiger partial charge in [-0.2, -0.15) is 5.48 Å². The van der Waals surface area contributed by atoms with Crippen LogP contribution in [0.15, 0.2) is 30.3 Å². The second kappa shape index (κ2) is 4.25. The van der Waals surface area contributed by atoms with Gasteiger partial charge in [-0.3, -0.25) is 0 Å². The van der Waals surface area contributed by atoms with Gasteiger partial charge in [0.1, 0.15) is 0 Å². The van der Waals surface area contributed by atoms with Crippen LogP contribution in [0.5, 0.6) is 0 Å². The third-order valence-corrected chi connectivity index (χ3v) is 1.31. The molecule has 72 valence electrons. The fourth-order valence-corrected chi connectivity index (χ4v) is 0.797. The van der Waals surface area contributed by atoms with E-state index in [1.165, 1.54) is 0 Å². The van der Waals surface area contributed by atoms with Crippen molar-refractivity contribution in [1.82, 2.24) is 5.48 Å². The Labute approximate surface area is 73.3 Å². The van der Waals surface area contributed by atoms with Gasteiger partial charge < -0.3 is 0 Å². The predicted molar refractivity (Wildman–Crippen MR) is 40.4 cm³/mol. The lowest BCUT2D eigenvalue weighted by molar-refractivity contribution is -0.351. The lowest BCUT2D eigenvalue weighted by Crippen LogP contribution is -2.25. The standard InChI is InChI=1S/C8H8F3NO/c9-8(10,11)13-12-6-7-4-2-1-3-5-7/h1-5,12H,6H2. The molecule has 0 bridgehead atoms. The maximum absolute atomic E-state index is 11.5. The van der Waals surface area contributed by atoms with Crippen molar-refractivity contribution in [1.29, 1.82) is 0 Å². The molecule has 0 amide bonds. The largest absolute Gasteiger partial charge is 0.538 e. The number of rotatable bonds is 3. The fourth-order valence-electron chi connectivity index (χ4n) is 0.797. The Morgan fingerprint density at radius 3 is 2.31 bits per heavy atom. The van der Waals surface area contributed by atoms with Gasteiger partial charge in [-0.25, -0.2) is 4.84 Å². The van der Waals surface area contributed by atoms with E-state index in [0.29, 0.717) is 0 Å². The molecule has 1 aromatic rings. The number of alkyl halides is 3. The van der Waals surface area contributed by atoms with Crippen LogP contribution in [0.25, 0.3) is 0 Å². The third-order valence-electron chi connectivity index (χ3n) is 1.31. The van der Waals surface area contributed by atoms with E-state index < -0.39 is 6.36 Å². The highest BCUT2D eigenvalue weighted by atomic mass is 19.4. The molecule has 0 aromatic heterocycles. The normalized spacial score (nSPS) is 11.6. The molecular formula is C8H8F3NO. The van der Waals surface area contributed by atoms with E-state index in [1.54, 1.807) is 30.3 Å². The highest BCUT2D eigenvalue weighted by Crippen LogP contribution is 2.14. The van der Waals surface area contributed by atoms with Gasteiger partial charge in [0.2, 0.25) is 0 Å². The van der Waals surface area contributed by atoms with Gasteiger partial charge in [0, 0.05) is 6.54 Å². The van der Waals surface area contributed by atoms with Crippen molar-refractivity contribution in [2.45, 2.75) is 12.9 Å². The van der Waals surface area contributed by atoms with Gasteiger partial charge >= 0.3 is 6.36 Å². The fraction of sp³-hybridized carbons (Fsp3) is 0.250. The molecule has 5 heteroatoms. The first-order chi connectivity index (χ1) is 6.08. The SMILES string of the molecule is FC(F)(F)ONCc1ccccc1. The van der Waals surface area contributed by atoms with Gasteiger partial charge in [-0.15, -0.1) is 13.2 Å². The second-order valence-electron chi connectivity index (χ2n) is 2.35. The first-order valence-electron chi connectivity index (χ1n) is 3.59. The lowest BCUT2D eigenvalue weighted by Gasteiger charge is -2.07. The van der Waals surface area contributed by atoms with E-state index in [4.69, 9.17) is 0 Å². The Balaban J connectivity index is 2.29. The first kappa shape index (κ1) is 10.0. The molecule has 0 aliphatic carbocycles. The zero-order valence-electron chi connectivity index (χ0n) is 6.64. The molecule has 1 aromatic carbocycles. The van der Waals surface area contributed by atoms with Crippen molar-refractivity contribution >= 4 is 0 Å². The Morgan fingerprint density at radius 1 is 1.15 bits per heavy atom.